The van der Waals surface area contributed by atoms with Crippen LogP contribution in [-0.4, -0.2) is 65.0 Å². The van der Waals surface area contributed by atoms with E-state index in [2.05, 4.69) is 0 Å². The van der Waals surface area contributed by atoms with Crippen LogP contribution in [-0.2, 0) is 15.0 Å². The van der Waals surface area contributed by atoms with E-state index in [1.807, 2.05) is 6.92 Å². The van der Waals surface area contributed by atoms with Crippen molar-refractivity contribution in [2.75, 3.05) is 19.6 Å². The third-order valence-electron chi connectivity index (χ3n) is 4.24. The van der Waals surface area contributed by atoms with Gasteiger partial charge in [0.2, 0.25) is 0 Å². The average Bonchev–Trinajstić information content (AvgIpc) is 2.41. The Morgan fingerprint density at radius 2 is 1.90 bits per heavy atom. The molecule has 0 spiro atoms. The minimum absolute atomic E-state index is 0.0480. The van der Waals surface area contributed by atoms with Crippen molar-refractivity contribution in [2.45, 2.75) is 44.8 Å². The van der Waals surface area contributed by atoms with Gasteiger partial charge in [0, 0.05) is 19.6 Å². The molecule has 0 aromatic carbocycles. The van der Waals surface area contributed by atoms with Crippen LogP contribution >= 0.6 is 0 Å². The molecule has 2 rings (SSSR count). The predicted molar refractivity (Wildman–Crippen MR) is 72.3 cm³/mol. The fraction of sp³-hybridized carbons (Fsp3) is 0.917. The number of carboxylic acid groups (broad SMARTS) is 1. The van der Waals surface area contributed by atoms with Gasteiger partial charge in [0.1, 0.15) is 6.04 Å². The van der Waals surface area contributed by atoms with Gasteiger partial charge in [-0.1, -0.05) is 6.92 Å². The number of β-amino-alcohol motifs (C(OH)–C–C–N with tert-alkyl or cyclic N) is 1. The maximum atomic E-state index is 12.6. The van der Waals surface area contributed by atoms with Gasteiger partial charge in [-0.05, 0) is 31.6 Å². The second kappa shape index (κ2) is 5.97. The summed E-state index contributed by atoms with van der Waals surface area (Å²) in [5.41, 5.74) is 0. The van der Waals surface area contributed by atoms with Gasteiger partial charge in [-0.3, -0.25) is 4.79 Å². The number of carbonyl (C=O) groups is 1. The van der Waals surface area contributed by atoms with Crippen molar-refractivity contribution in [1.82, 2.24) is 8.61 Å². The van der Waals surface area contributed by atoms with Crippen LogP contribution < -0.4 is 0 Å². The standard InChI is InChI=1S/C12H22N2O5S/c1-9-5-7-13(8-11(9)15)20(18,19)14-6-3-2-4-10(14)12(16)17/h9-11,15H,2-8H2,1H3,(H,16,17). The molecule has 2 aliphatic rings. The van der Waals surface area contributed by atoms with Crippen molar-refractivity contribution >= 4 is 16.2 Å². The summed E-state index contributed by atoms with van der Waals surface area (Å²) < 4.78 is 27.5. The number of hydrogen-bond donors (Lipinski definition) is 2. The minimum Gasteiger partial charge on any atom is -0.480 e. The minimum atomic E-state index is -3.81. The fourth-order valence-corrected chi connectivity index (χ4v) is 4.66. The SMILES string of the molecule is CC1CCN(S(=O)(=O)N2CCCCC2C(=O)O)CC1O. The van der Waals surface area contributed by atoms with Gasteiger partial charge < -0.3 is 10.2 Å². The molecule has 116 valence electrons. The Labute approximate surface area is 119 Å². The summed E-state index contributed by atoms with van der Waals surface area (Å²) in [5.74, 6) is -1.03. The number of rotatable bonds is 3. The first-order chi connectivity index (χ1) is 9.34. The van der Waals surface area contributed by atoms with Crippen LogP contribution in [0, 0.1) is 5.92 Å². The van der Waals surface area contributed by atoms with Crippen molar-refractivity contribution in [3.63, 3.8) is 0 Å². The zero-order valence-electron chi connectivity index (χ0n) is 11.6. The maximum Gasteiger partial charge on any atom is 0.322 e. The van der Waals surface area contributed by atoms with Gasteiger partial charge in [0.05, 0.1) is 6.10 Å². The molecule has 2 heterocycles. The topological polar surface area (TPSA) is 98.2 Å². The second-order valence-electron chi connectivity index (χ2n) is 5.66. The average molecular weight is 306 g/mol. The lowest BCUT2D eigenvalue weighted by molar-refractivity contribution is -0.142. The third kappa shape index (κ3) is 2.98. The number of aliphatic carboxylic acids is 1. The first-order valence-corrected chi connectivity index (χ1v) is 8.41. The van der Waals surface area contributed by atoms with E-state index in [0.717, 1.165) is 10.7 Å². The molecule has 7 nitrogen and oxygen atoms in total. The summed E-state index contributed by atoms with van der Waals surface area (Å²) in [6.07, 6.45) is 1.65. The molecule has 2 aliphatic heterocycles. The zero-order valence-corrected chi connectivity index (χ0v) is 12.4. The largest absolute Gasteiger partial charge is 0.480 e. The van der Waals surface area contributed by atoms with E-state index in [9.17, 15) is 23.4 Å². The quantitative estimate of drug-likeness (QED) is 0.757. The van der Waals surface area contributed by atoms with Crippen LogP contribution in [0.3, 0.4) is 0 Å². The molecule has 0 aliphatic carbocycles. The highest BCUT2D eigenvalue weighted by molar-refractivity contribution is 7.86. The molecular weight excluding hydrogens is 284 g/mol. The first-order valence-electron chi connectivity index (χ1n) is 7.02. The van der Waals surface area contributed by atoms with E-state index >= 15 is 0 Å². The van der Waals surface area contributed by atoms with Crippen molar-refractivity contribution in [1.29, 1.82) is 0 Å². The first kappa shape index (κ1) is 15.7. The van der Waals surface area contributed by atoms with E-state index in [-0.39, 0.29) is 19.0 Å². The Balaban J connectivity index is 2.18. The molecule has 0 amide bonds. The van der Waals surface area contributed by atoms with Crippen molar-refractivity contribution in [3.05, 3.63) is 0 Å². The molecule has 2 fully saturated rings. The number of hydrogen-bond acceptors (Lipinski definition) is 4. The highest BCUT2D eigenvalue weighted by Gasteiger charge is 2.42. The van der Waals surface area contributed by atoms with Crippen LogP contribution in [0.5, 0.6) is 0 Å². The molecule has 3 atom stereocenters. The third-order valence-corrected chi connectivity index (χ3v) is 6.26. The number of piperidine rings is 2. The van der Waals surface area contributed by atoms with Gasteiger partial charge in [-0.2, -0.15) is 17.0 Å². The number of aliphatic hydroxyl groups excluding tert-OH is 1. The summed E-state index contributed by atoms with van der Waals surface area (Å²) in [6, 6.07) is -0.981. The summed E-state index contributed by atoms with van der Waals surface area (Å²) in [5, 5.41) is 19.0. The molecule has 0 saturated carbocycles. The molecule has 2 saturated heterocycles. The zero-order chi connectivity index (χ0) is 14.9. The Hall–Kier alpha value is -0.700. The molecule has 0 aromatic rings. The Morgan fingerprint density at radius 1 is 1.20 bits per heavy atom. The molecule has 0 radical (unpaired) electrons. The normalized spacial score (nSPS) is 34.0. The lowest BCUT2D eigenvalue weighted by atomic mass is 9.98. The lowest BCUT2D eigenvalue weighted by Crippen LogP contribution is -2.56. The van der Waals surface area contributed by atoms with Gasteiger partial charge in [-0.15, -0.1) is 0 Å². The van der Waals surface area contributed by atoms with E-state index in [4.69, 9.17) is 0 Å². The van der Waals surface area contributed by atoms with Crippen LogP contribution in [0.2, 0.25) is 0 Å². The van der Waals surface area contributed by atoms with Crippen LogP contribution in [0.25, 0.3) is 0 Å². The fourth-order valence-electron chi connectivity index (χ4n) is 2.81. The number of aliphatic hydroxyl groups is 1. The van der Waals surface area contributed by atoms with Gasteiger partial charge in [-0.25, -0.2) is 0 Å². The molecular formula is C12H22N2O5S. The summed E-state index contributed by atoms with van der Waals surface area (Å²) >= 11 is 0. The molecule has 8 heteroatoms. The smallest absolute Gasteiger partial charge is 0.322 e. The molecule has 3 unspecified atom stereocenters. The highest BCUT2D eigenvalue weighted by Crippen LogP contribution is 2.26. The Kier molecular flexibility index (Phi) is 4.68. The number of carboxylic acids is 1. The van der Waals surface area contributed by atoms with Crippen LogP contribution in [0.15, 0.2) is 0 Å². The van der Waals surface area contributed by atoms with Gasteiger partial charge in [0.25, 0.3) is 10.2 Å². The second-order valence-corrected chi connectivity index (χ2v) is 7.54. The van der Waals surface area contributed by atoms with Crippen molar-refractivity contribution in [3.8, 4) is 0 Å². The van der Waals surface area contributed by atoms with E-state index in [1.54, 1.807) is 0 Å². The van der Waals surface area contributed by atoms with Gasteiger partial charge >= 0.3 is 5.97 Å². The monoisotopic (exact) mass is 306 g/mol. The van der Waals surface area contributed by atoms with Crippen molar-refractivity contribution in [2.24, 2.45) is 5.92 Å². The molecule has 2 N–H and O–H groups in total. The maximum absolute atomic E-state index is 12.6. The Morgan fingerprint density at radius 3 is 2.50 bits per heavy atom. The Bertz CT molecular complexity index is 466. The summed E-state index contributed by atoms with van der Waals surface area (Å²) in [4.78, 5) is 11.2. The van der Waals surface area contributed by atoms with Gasteiger partial charge in [0.15, 0.2) is 0 Å². The van der Waals surface area contributed by atoms with E-state index in [0.29, 0.717) is 25.8 Å². The summed E-state index contributed by atoms with van der Waals surface area (Å²) in [6.45, 7) is 2.51. The predicted octanol–water partition coefficient (Wildman–Crippen LogP) is -0.127. The van der Waals surface area contributed by atoms with E-state index < -0.39 is 28.3 Å². The highest BCUT2D eigenvalue weighted by atomic mass is 32.2. The van der Waals surface area contributed by atoms with E-state index in [1.165, 1.54) is 4.31 Å². The number of nitrogens with zero attached hydrogens (tertiary/aromatic N) is 2. The van der Waals surface area contributed by atoms with Crippen molar-refractivity contribution < 1.29 is 23.4 Å². The molecule has 0 bridgehead atoms. The molecule has 20 heavy (non-hydrogen) atoms. The summed E-state index contributed by atoms with van der Waals surface area (Å²) in [7, 11) is -3.81. The van der Waals surface area contributed by atoms with Crippen LogP contribution in [0.1, 0.15) is 32.6 Å². The van der Waals surface area contributed by atoms with Crippen LogP contribution in [0.4, 0.5) is 0 Å². The lowest BCUT2D eigenvalue weighted by Gasteiger charge is -2.39. The molecule has 0 aromatic heterocycles.